The third kappa shape index (κ3) is 3.15. The van der Waals surface area contributed by atoms with Gasteiger partial charge in [0.15, 0.2) is 0 Å². The molecule has 0 saturated carbocycles. The van der Waals surface area contributed by atoms with Gasteiger partial charge in [0.2, 0.25) is 5.91 Å². The Kier molecular flexibility index (Phi) is 3.41. The SMILES string of the molecule is CN(CC(N)=O)c1cccc(C(F)(F)F)c1. The minimum absolute atomic E-state index is 0.124. The number of likely N-dealkylation sites (N-methyl/N-ethyl adjacent to an activating group) is 1. The first-order valence-electron chi connectivity index (χ1n) is 4.47. The predicted octanol–water partition coefficient (Wildman–Crippen LogP) is 1.63. The molecule has 88 valence electrons. The van der Waals surface area contributed by atoms with E-state index in [1.807, 2.05) is 0 Å². The molecule has 0 unspecified atom stereocenters. The summed E-state index contributed by atoms with van der Waals surface area (Å²) in [6.07, 6.45) is -4.39. The maximum absolute atomic E-state index is 12.4. The number of benzene rings is 1. The van der Waals surface area contributed by atoms with E-state index in [0.717, 1.165) is 12.1 Å². The zero-order valence-corrected chi connectivity index (χ0v) is 8.58. The van der Waals surface area contributed by atoms with Crippen molar-refractivity contribution in [2.75, 3.05) is 18.5 Å². The van der Waals surface area contributed by atoms with Crippen LogP contribution in [0.4, 0.5) is 18.9 Å². The van der Waals surface area contributed by atoms with Crippen molar-refractivity contribution in [1.29, 1.82) is 0 Å². The number of halogens is 3. The van der Waals surface area contributed by atoms with Gasteiger partial charge in [-0.1, -0.05) is 6.07 Å². The van der Waals surface area contributed by atoms with Gasteiger partial charge >= 0.3 is 6.18 Å². The second kappa shape index (κ2) is 4.42. The normalized spacial score (nSPS) is 11.2. The number of rotatable bonds is 3. The highest BCUT2D eigenvalue weighted by Gasteiger charge is 2.30. The third-order valence-corrected chi connectivity index (χ3v) is 2.01. The minimum Gasteiger partial charge on any atom is -0.368 e. The molecule has 1 aromatic rings. The van der Waals surface area contributed by atoms with E-state index in [1.54, 1.807) is 0 Å². The smallest absolute Gasteiger partial charge is 0.368 e. The molecule has 3 nitrogen and oxygen atoms in total. The van der Waals surface area contributed by atoms with E-state index in [9.17, 15) is 18.0 Å². The number of nitrogens with zero attached hydrogens (tertiary/aromatic N) is 1. The van der Waals surface area contributed by atoms with E-state index >= 15 is 0 Å². The van der Waals surface area contributed by atoms with Gasteiger partial charge in [0, 0.05) is 12.7 Å². The summed E-state index contributed by atoms with van der Waals surface area (Å²) in [5.74, 6) is -0.597. The molecule has 0 aliphatic carbocycles. The summed E-state index contributed by atoms with van der Waals surface area (Å²) in [6, 6.07) is 4.72. The monoisotopic (exact) mass is 232 g/mol. The van der Waals surface area contributed by atoms with Crippen molar-refractivity contribution in [3.05, 3.63) is 29.8 Å². The van der Waals surface area contributed by atoms with Crippen molar-refractivity contribution in [2.45, 2.75) is 6.18 Å². The van der Waals surface area contributed by atoms with E-state index < -0.39 is 17.6 Å². The number of anilines is 1. The quantitative estimate of drug-likeness (QED) is 0.860. The van der Waals surface area contributed by atoms with Gasteiger partial charge < -0.3 is 10.6 Å². The first-order valence-corrected chi connectivity index (χ1v) is 4.47. The highest BCUT2D eigenvalue weighted by molar-refractivity contribution is 5.79. The maximum atomic E-state index is 12.4. The number of primary amides is 1. The first-order chi connectivity index (χ1) is 7.30. The van der Waals surface area contributed by atoms with E-state index in [1.165, 1.54) is 24.1 Å². The van der Waals surface area contributed by atoms with Crippen LogP contribution in [-0.2, 0) is 11.0 Å². The fourth-order valence-electron chi connectivity index (χ4n) is 1.24. The summed E-state index contributed by atoms with van der Waals surface area (Å²) in [5, 5.41) is 0. The minimum atomic E-state index is -4.39. The molecule has 0 aromatic heterocycles. The first kappa shape index (κ1) is 12.4. The van der Waals surface area contributed by atoms with Crippen LogP contribution in [0.25, 0.3) is 0 Å². The number of amides is 1. The highest BCUT2D eigenvalue weighted by atomic mass is 19.4. The Morgan fingerprint density at radius 3 is 2.56 bits per heavy atom. The Hall–Kier alpha value is -1.72. The Morgan fingerprint density at radius 2 is 2.06 bits per heavy atom. The Morgan fingerprint density at radius 1 is 1.44 bits per heavy atom. The van der Waals surface area contributed by atoms with Crippen LogP contribution in [0.2, 0.25) is 0 Å². The molecule has 0 fully saturated rings. The molecule has 1 aromatic carbocycles. The molecular formula is C10H11F3N2O. The second-order valence-corrected chi connectivity index (χ2v) is 3.37. The van der Waals surface area contributed by atoms with Crippen molar-refractivity contribution in [2.24, 2.45) is 5.73 Å². The van der Waals surface area contributed by atoms with E-state index in [2.05, 4.69) is 0 Å². The van der Waals surface area contributed by atoms with Crippen LogP contribution in [0.3, 0.4) is 0 Å². The Labute approximate surface area is 90.6 Å². The van der Waals surface area contributed by atoms with Crippen molar-refractivity contribution in [1.82, 2.24) is 0 Å². The third-order valence-electron chi connectivity index (χ3n) is 2.01. The lowest BCUT2D eigenvalue weighted by Gasteiger charge is -2.18. The van der Waals surface area contributed by atoms with Crippen LogP contribution < -0.4 is 10.6 Å². The Bertz CT molecular complexity index is 390. The van der Waals surface area contributed by atoms with Crippen LogP contribution in [-0.4, -0.2) is 19.5 Å². The van der Waals surface area contributed by atoms with Gasteiger partial charge in [-0.05, 0) is 18.2 Å². The lowest BCUT2D eigenvalue weighted by atomic mass is 10.2. The molecule has 0 aliphatic rings. The van der Waals surface area contributed by atoms with Crippen molar-refractivity contribution in [3.63, 3.8) is 0 Å². The molecule has 0 spiro atoms. The average molecular weight is 232 g/mol. The molecule has 0 heterocycles. The predicted molar refractivity (Wildman–Crippen MR) is 53.9 cm³/mol. The lowest BCUT2D eigenvalue weighted by Crippen LogP contribution is -2.30. The van der Waals surface area contributed by atoms with Gasteiger partial charge in [0.25, 0.3) is 0 Å². The molecule has 0 aliphatic heterocycles. The second-order valence-electron chi connectivity index (χ2n) is 3.37. The van der Waals surface area contributed by atoms with Crippen molar-refractivity contribution in [3.8, 4) is 0 Å². The largest absolute Gasteiger partial charge is 0.416 e. The van der Waals surface area contributed by atoms with Gasteiger partial charge in [-0.2, -0.15) is 13.2 Å². The number of hydrogen-bond donors (Lipinski definition) is 1. The standard InChI is InChI=1S/C10H11F3N2O/c1-15(6-9(14)16)8-4-2-3-7(5-8)10(11,12)13/h2-5H,6H2,1H3,(H2,14,16). The van der Waals surface area contributed by atoms with E-state index in [4.69, 9.17) is 5.73 Å². The van der Waals surface area contributed by atoms with Crippen LogP contribution in [0.5, 0.6) is 0 Å². The van der Waals surface area contributed by atoms with Gasteiger partial charge in [-0.15, -0.1) is 0 Å². The van der Waals surface area contributed by atoms with Crippen LogP contribution >= 0.6 is 0 Å². The van der Waals surface area contributed by atoms with Gasteiger partial charge in [0.1, 0.15) is 0 Å². The summed E-state index contributed by atoms with van der Waals surface area (Å²) >= 11 is 0. The van der Waals surface area contributed by atoms with Crippen LogP contribution in [0.15, 0.2) is 24.3 Å². The molecular weight excluding hydrogens is 221 g/mol. The van der Waals surface area contributed by atoms with Gasteiger partial charge in [-0.25, -0.2) is 0 Å². The number of carbonyl (C=O) groups is 1. The zero-order valence-electron chi connectivity index (χ0n) is 8.58. The summed E-state index contributed by atoms with van der Waals surface area (Å²) < 4.78 is 37.2. The number of carbonyl (C=O) groups excluding carboxylic acids is 1. The van der Waals surface area contributed by atoms with Crippen molar-refractivity contribution < 1.29 is 18.0 Å². The van der Waals surface area contributed by atoms with Crippen LogP contribution in [0, 0.1) is 0 Å². The number of alkyl halides is 3. The summed E-state index contributed by atoms with van der Waals surface area (Å²) in [5.41, 5.74) is 4.50. The average Bonchev–Trinajstić information content (AvgIpc) is 2.15. The molecule has 0 saturated heterocycles. The fraction of sp³-hybridized carbons (Fsp3) is 0.300. The summed E-state index contributed by atoms with van der Waals surface area (Å²) in [7, 11) is 1.50. The molecule has 0 bridgehead atoms. The van der Waals surface area contributed by atoms with Crippen molar-refractivity contribution >= 4 is 11.6 Å². The molecule has 6 heteroatoms. The molecule has 0 atom stereocenters. The van der Waals surface area contributed by atoms with Gasteiger partial charge in [0.05, 0.1) is 12.1 Å². The lowest BCUT2D eigenvalue weighted by molar-refractivity contribution is -0.137. The molecule has 1 amide bonds. The topological polar surface area (TPSA) is 46.3 Å². The fourth-order valence-corrected chi connectivity index (χ4v) is 1.24. The maximum Gasteiger partial charge on any atom is 0.416 e. The zero-order chi connectivity index (χ0) is 12.3. The number of hydrogen-bond acceptors (Lipinski definition) is 2. The van der Waals surface area contributed by atoms with E-state index in [-0.39, 0.29) is 6.54 Å². The summed E-state index contributed by atoms with van der Waals surface area (Å²) in [6.45, 7) is -0.124. The van der Waals surface area contributed by atoms with E-state index in [0.29, 0.717) is 5.69 Å². The van der Waals surface area contributed by atoms with Crippen LogP contribution in [0.1, 0.15) is 5.56 Å². The Balaban J connectivity index is 2.94. The highest BCUT2D eigenvalue weighted by Crippen LogP contribution is 2.31. The molecule has 16 heavy (non-hydrogen) atoms. The number of nitrogens with two attached hydrogens (primary N) is 1. The van der Waals surface area contributed by atoms with Gasteiger partial charge in [-0.3, -0.25) is 4.79 Å². The molecule has 2 N–H and O–H groups in total. The molecule has 1 rings (SSSR count). The summed E-state index contributed by atoms with van der Waals surface area (Å²) in [4.78, 5) is 12.0. The molecule has 0 radical (unpaired) electrons.